The van der Waals surface area contributed by atoms with Crippen LogP contribution in [0.1, 0.15) is 45.9 Å². The van der Waals surface area contributed by atoms with Crippen LogP contribution in [0.25, 0.3) is 10.8 Å². The zero-order valence-corrected chi connectivity index (χ0v) is 18.8. The second kappa shape index (κ2) is 10.8. The molecule has 0 fully saturated rings. The Kier molecular flexibility index (Phi) is 11.3. The van der Waals surface area contributed by atoms with E-state index in [4.69, 9.17) is 0 Å². The SMILES string of the molecule is CC[c-]1c(C)c(C)c(C)c1C.Cc1ccc(C)c2[cH-]ccc12.[F-].[F-].[Zr+4]. The van der Waals surface area contributed by atoms with Gasteiger partial charge in [0, 0.05) is 0 Å². The molecule has 0 nitrogen and oxygen atoms in total. The molecule has 0 atom stereocenters. The molecule has 0 unspecified atom stereocenters. The van der Waals surface area contributed by atoms with E-state index in [-0.39, 0.29) is 35.6 Å². The van der Waals surface area contributed by atoms with Gasteiger partial charge in [-0.2, -0.15) is 39.9 Å². The molecule has 0 bridgehead atoms. The fourth-order valence-electron chi connectivity index (χ4n) is 3.36. The molecular formula is C22H28F2Zr. The van der Waals surface area contributed by atoms with Gasteiger partial charge in [0.25, 0.3) is 0 Å². The number of rotatable bonds is 1. The van der Waals surface area contributed by atoms with Gasteiger partial charge in [0.05, 0.1) is 0 Å². The van der Waals surface area contributed by atoms with E-state index in [1.807, 2.05) is 0 Å². The van der Waals surface area contributed by atoms with E-state index in [2.05, 4.69) is 78.8 Å². The van der Waals surface area contributed by atoms with E-state index >= 15 is 0 Å². The summed E-state index contributed by atoms with van der Waals surface area (Å²) in [6.45, 7) is 15.4. The molecule has 25 heavy (non-hydrogen) atoms. The number of hydrogen-bond acceptors (Lipinski definition) is 0. The van der Waals surface area contributed by atoms with Gasteiger partial charge in [-0.25, -0.2) is 0 Å². The second-order valence-corrected chi connectivity index (χ2v) is 6.38. The maximum absolute atomic E-state index is 2.23. The largest absolute Gasteiger partial charge is 4.00 e. The number of aryl methyl sites for hydroxylation is 2. The van der Waals surface area contributed by atoms with Crippen molar-refractivity contribution >= 4 is 10.8 Å². The summed E-state index contributed by atoms with van der Waals surface area (Å²) in [5.74, 6) is 0. The average molecular weight is 422 g/mol. The van der Waals surface area contributed by atoms with Crippen molar-refractivity contribution in [2.75, 3.05) is 0 Å². The van der Waals surface area contributed by atoms with Crippen LogP contribution in [0.3, 0.4) is 0 Å². The molecule has 0 N–H and O–H groups in total. The van der Waals surface area contributed by atoms with Crippen LogP contribution in [0.5, 0.6) is 0 Å². The third-order valence-corrected chi connectivity index (χ3v) is 5.20. The first kappa shape index (κ1) is 26.2. The minimum Gasteiger partial charge on any atom is -1.00 e. The maximum Gasteiger partial charge on any atom is 4.00 e. The Hall–Kier alpha value is -1.08. The monoisotopic (exact) mass is 420 g/mol. The molecule has 134 valence electrons. The molecule has 0 heterocycles. The Labute approximate surface area is 170 Å². The van der Waals surface area contributed by atoms with Gasteiger partial charge in [-0.15, -0.1) is 28.5 Å². The van der Waals surface area contributed by atoms with Crippen LogP contribution in [-0.2, 0) is 32.6 Å². The van der Waals surface area contributed by atoms with Gasteiger partial charge in [-0.05, 0) is 6.92 Å². The van der Waals surface area contributed by atoms with Gasteiger partial charge in [0.2, 0.25) is 0 Å². The normalized spacial score (nSPS) is 9.40. The van der Waals surface area contributed by atoms with E-state index in [9.17, 15) is 0 Å². The molecule has 3 aromatic carbocycles. The first-order valence-corrected chi connectivity index (χ1v) is 8.22. The van der Waals surface area contributed by atoms with Crippen molar-refractivity contribution in [3.05, 3.63) is 69.3 Å². The summed E-state index contributed by atoms with van der Waals surface area (Å²) in [5, 5.41) is 2.79. The van der Waals surface area contributed by atoms with Crippen molar-refractivity contribution in [2.45, 2.75) is 54.9 Å². The van der Waals surface area contributed by atoms with Gasteiger partial charge in [-0.3, -0.25) is 0 Å². The molecule has 0 amide bonds. The summed E-state index contributed by atoms with van der Waals surface area (Å²) < 4.78 is 0. The molecule has 0 saturated carbocycles. The van der Waals surface area contributed by atoms with Crippen LogP contribution >= 0.6 is 0 Å². The summed E-state index contributed by atoms with van der Waals surface area (Å²) in [7, 11) is 0. The number of hydrogen-bond donors (Lipinski definition) is 0. The molecule has 0 aliphatic rings. The third kappa shape index (κ3) is 5.20. The Morgan fingerprint density at radius 3 is 1.68 bits per heavy atom. The Bertz CT molecular complexity index is 733. The smallest absolute Gasteiger partial charge is 1.00 e. The first-order valence-electron chi connectivity index (χ1n) is 8.22. The quantitative estimate of drug-likeness (QED) is 0.499. The van der Waals surface area contributed by atoms with Crippen molar-refractivity contribution < 1.29 is 35.6 Å². The number of benzene rings is 1. The van der Waals surface area contributed by atoms with E-state index < -0.39 is 0 Å². The fraction of sp³-hybridized carbons (Fsp3) is 0.364. The predicted molar refractivity (Wildman–Crippen MR) is 99.4 cm³/mol. The Morgan fingerprint density at radius 2 is 1.28 bits per heavy atom. The molecule has 3 aromatic rings. The summed E-state index contributed by atoms with van der Waals surface area (Å²) in [5.41, 5.74) is 10.3. The van der Waals surface area contributed by atoms with Crippen LogP contribution in [0.15, 0.2) is 30.3 Å². The summed E-state index contributed by atoms with van der Waals surface area (Å²) >= 11 is 0. The van der Waals surface area contributed by atoms with E-state index in [0.29, 0.717) is 0 Å². The molecule has 0 radical (unpaired) electrons. The van der Waals surface area contributed by atoms with Gasteiger partial charge >= 0.3 is 26.2 Å². The fourth-order valence-corrected chi connectivity index (χ4v) is 3.36. The zero-order chi connectivity index (χ0) is 16.4. The summed E-state index contributed by atoms with van der Waals surface area (Å²) in [4.78, 5) is 0. The Morgan fingerprint density at radius 1 is 0.800 bits per heavy atom. The third-order valence-electron chi connectivity index (χ3n) is 5.20. The van der Waals surface area contributed by atoms with Crippen molar-refractivity contribution in [1.29, 1.82) is 0 Å². The molecule has 0 aliphatic heterocycles. The first-order chi connectivity index (χ1) is 10.4. The molecule has 3 heteroatoms. The minimum atomic E-state index is 0. The molecular weight excluding hydrogens is 393 g/mol. The Balaban J connectivity index is 0. The molecule has 0 aliphatic carbocycles. The van der Waals surface area contributed by atoms with Crippen molar-refractivity contribution in [1.82, 2.24) is 0 Å². The molecule has 0 saturated heterocycles. The van der Waals surface area contributed by atoms with Gasteiger partial charge in [0.15, 0.2) is 0 Å². The van der Waals surface area contributed by atoms with E-state index in [1.165, 1.54) is 50.6 Å². The summed E-state index contributed by atoms with van der Waals surface area (Å²) in [6, 6.07) is 10.8. The second-order valence-electron chi connectivity index (χ2n) is 6.38. The zero-order valence-electron chi connectivity index (χ0n) is 16.3. The van der Waals surface area contributed by atoms with Crippen molar-refractivity contribution in [2.24, 2.45) is 0 Å². The van der Waals surface area contributed by atoms with E-state index in [1.54, 1.807) is 5.56 Å². The van der Waals surface area contributed by atoms with Crippen LogP contribution in [0.2, 0.25) is 0 Å². The van der Waals surface area contributed by atoms with E-state index in [0.717, 1.165) is 0 Å². The minimum absolute atomic E-state index is 0. The molecule has 0 aromatic heterocycles. The maximum atomic E-state index is 2.23. The number of halogens is 2. The topological polar surface area (TPSA) is 0 Å². The van der Waals surface area contributed by atoms with Crippen LogP contribution in [0.4, 0.5) is 0 Å². The van der Waals surface area contributed by atoms with Crippen LogP contribution in [0, 0.1) is 41.5 Å². The van der Waals surface area contributed by atoms with Gasteiger partial charge < -0.3 is 9.41 Å². The van der Waals surface area contributed by atoms with Crippen LogP contribution < -0.4 is 9.41 Å². The van der Waals surface area contributed by atoms with Gasteiger partial charge in [0.1, 0.15) is 0 Å². The van der Waals surface area contributed by atoms with Crippen molar-refractivity contribution in [3.63, 3.8) is 0 Å². The predicted octanol–water partition coefficient (Wildman–Crippen LogP) is 0.383. The summed E-state index contributed by atoms with van der Waals surface area (Å²) in [6.07, 6.45) is 1.17. The van der Waals surface area contributed by atoms with Crippen molar-refractivity contribution in [3.8, 4) is 0 Å². The van der Waals surface area contributed by atoms with Gasteiger partial charge in [-0.1, -0.05) is 59.6 Å². The molecule has 0 spiro atoms. The van der Waals surface area contributed by atoms with Crippen LogP contribution in [-0.4, -0.2) is 0 Å². The molecule has 3 rings (SSSR count). The average Bonchev–Trinajstić information content (AvgIpc) is 3.07. The number of fused-ring (bicyclic) bond motifs is 1. The standard InChI is InChI=1S/C11H11.C11H17.2FH.Zr/c1-8-6-7-9(2)11-5-3-4-10(8)11;1-6-11-9(4)7(2)8(3)10(11)5;;;/h3-7H,1-2H3;6H2,1-5H3;2*1H;/q2*-1;;;+4/p-2.